The third kappa shape index (κ3) is 3.96. The smallest absolute Gasteiger partial charge is 0.174 e. The molecule has 18 heavy (non-hydrogen) atoms. The summed E-state index contributed by atoms with van der Waals surface area (Å²) in [4.78, 5) is 15.7. The molecule has 4 heteroatoms. The Balaban J connectivity index is 1.86. The van der Waals surface area contributed by atoms with Crippen molar-refractivity contribution in [2.75, 3.05) is 6.61 Å². The molecule has 0 spiro atoms. The molecule has 0 fully saturated rings. The summed E-state index contributed by atoms with van der Waals surface area (Å²) in [6.07, 6.45) is 3.71. The molecule has 0 aliphatic carbocycles. The second-order valence-electron chi connectivity index (χ2n) is 3.83. The van der Waals surface area contributed by atoms with Gasteiger partial charge in [-0.3, -0.25) is 9.78 Å². The summed E-state index contributed by atoms with van der Waals surface area (Å²) >= 11 is 3.32. The lowest BCUT2D eigenvalue weighted by molar-refractivity contribution is -0.120. The molecule has 0 amide bonds. The van der Waals surface area contributed by atoms with Crippen LogP contribution in [0.3, 0.4) is 0 Å². The number of pyridine rings is 1. The Morgan fingerprint density at radius 2 is 2.00 bits per heavy atom. The molecule has 0 saturated carbocycles. The van der Waals surface area contributed by atoms with E-state index in [1.54, 1.807) is 12.4 Å². The van der Waals surface area contributed by atoms with Crippen LogP contribution in [0.1, 0.15) is 5.56 Å². The number of Topliss-reactive ketones (excluding diaryl/α,β-unsaturated/α-hetero) is 1. The van der Waals surface area contributed by atoms with E-state index in [4.69, 9.17) is 4.74 Å². The summed E-state index contributed by atoms with van der Waals surface area (Å²) in [7, 11) is 0. The molecule has 2 aromatic rings. The molecule has 2 rings (SSSR count). The lowest BCUT2D eigenvalue weighted by Crippen LogP contribution is -2.13. The summed E-state index contributed by atoms with van der Waals surface area (Å²) in [6, 6.07) is 11.2. The van der Waals surface area contributed by atoms with Crippen molar-refractivity contribution >= 4 is 21.7 Å². The third-order valence-corrected chi connectivity index (χ3v) is 2.74. The highest BCUT2D eigenvalue weighted by molar-refractivity contribution is 9.10. The number of carbonyl (C=O) groups is 1. The monoisotopic (exact) mass is 305 g/mol. The number of para-hydroxylation sites is 1. The fraction of sp³-hybridized carbons (Fsp3) is 0.143. The number of halogens is 1. The topological polar surface area (TPSA) is 39.2 Å². The molecule has 0 unspecified atom stereocenters. The number of ketones is 1. The van der Waals surface area contributed by atoms with Crippen LogP contribution < -0.4 is 4.74 Å². The van der Waals surface area contributed by atoms with Crippen molar-refractivity contribution in [2.45, 2.75) is 6.42 Å². The number of rotatable bonds is 5. The maximum Gasteiger partial charge on any atom is 0.174 e. The molecule has 0 aliphatic rings. The largest absolute Gasteiger partial charge is 0.486 e. The molecule has 1 aromatic heterocycles. The minimum atomic E-state index is 0.0266. The average Bonchev–Trinajstić information content (AvgIpc) is 2.38. The van der Waals surface area contributed by atoms with Crippen molar-refractivity contribution < 1.29 is 9.53 Å². The number of ether oxygens (including phenoxy) is 1. The Bertz CT molecular complexity index is 528. The summed E-state index contributed by atoms with van der Waals surface area (Å²) in [5.74, 6) is 0.733. The number of benzene rings is 1. The van der Waals surface area contributed by atoms with Gasteiger partial charge in [-0.2, -0.15) is 0 Å². The molecule has 3 nitrogen and oxygen atoms in total. The van der Waals surface area contributed by atoms with Gasteiger partial charge in [0.2, 0.25) is 0 Å². The van der Waals surface area contributed by atoms with Gasteiger partial charge in [-0.05, 0) is 39.7 Å². The summed E-state index contributed by atoms with van der Waals surface area (Å²) in [5.41, 5.74) is 0.881. The summed E-state index contributed by atoms with van der Waals surface area (Å²) in [5, 5.41) is 0. The number of aromatic nitrogens is 1. The Kier molecular flexibility index (Phi) is 4.47. The first-order valence-corrected chi connectivity index (χ1v) is 6.32. The van der Waals surface area contributed by atoms with Crippen molar-refractivity contribution in [1.82, 2.24) is 4.98 Å². The standard InChI is InChI=1S/C14H12BrNO2/c15-12-6-11(8-16-9-12)7-13(17)10-18-14-4-2-1-3-5-14/h1-6,8-9H,7,10H2. The van der Waals surface area contributed by atoms with Crippen LogP contribution in [-0.2, 0) is 11.2 Å². The lowest BCUT2D eigenvalue weighted by atomic mass is 10.1. The first-order chi connectivity index (χ1) is 8.74. The summed E-state index contributed by atoms with van der Waals surface area (Å²) < 4.78 is 6.26. The van der Waals surface area contributed by atoms with Crippen molar-refractivity contribution in [2.24, 2.45) is 0 Å². The van der Waals surface area contributed by atoms with Gasteiger partial charge in [-0.15, -0.1) is 0 Å². The first kappa shape index (κ1) is 12.8. The molecule has 0 aliphatic heterocycles. The third-order valence-electron chi connectivity index (χ3n) is 2.31. The molecule has 92 valence electrons. The molecule has 0 saturated heterocycles. The minimum Gasteiger partial charge on any atom is -0.486 e. The van der Waals surface area contributed by atoms with Crippen LogP contribution in [0.4, 0.5) is 0 Å². The van der Waals surface area contributed by atoms with Gasteiger partial charge in [-0.25, -0.2) is 0 Å². The molecule has 1 aromatic carbocycles. The van der Waals surface area contributed by atoms with Crippen molar-refractivity contribution in [3.05, 3.63) is 58.8 Å². The predicted octanol–water partition coefficient (Wildman–Crippen LogP) is 3.03. The van der Waals surface area contributed by atoms with E-state index in [0.29, 0.717) is 12.2 Å². The maximum atomic E-state index is 11.7. The number of carbonyl (C=O) groups excluding carboxylic acids is 1. The van der Waals surface area contributed by atoms with E-state index in [-0.39, 0.29) is 12.4 Å². The van der Waals surface area contributed by atoms with Crippen LogP contribution in [0.15, 0.2) is 53.3 Å². The number of nitrogens with zero attached hydrogens (tertiary/aromatic N) is 1. The SMILES string of the molecule is O=C(COc1ccccc1)Cc1cncc(Br)c1. The van der Waals surface area contributed by atoms with E-state index in [1.165, 1.54) is 0 Å². The molecule has 1 heterocycles. The predicted molar refractivity (Wildman–Crippen MR) is 72.6 cm³/mol. The minimum absolute atomic E-state index is 0.0266. The van der Waals surface area contributed by atoms with Gasteiger partial charge in [0, 0.05) is 23.3 Å². The van der Waals surface area contributed by atoms with Gasteiger partial charge in [0.1, 0.15) is 12.4 Å². The fourth-order valence-electron chi connectivity index (χ4n) is 1.51. The highest BCUT2D eigenvalue weighted by Crippen LogP contribution is 2.11. The van der Waals surface area contributed by atoms with E-state index in [0.717, 1.165) is 10.0 Å². The van der Waals surface area contributed by atoms with Gasteiger partial charge < -0.3 is 4.74 Å². The molecule has 0 bridgehead atoms. The summed E-state index contributed by atoms with van der Waals surface area (Å²) in [6.45, 7) is 0.0799. The van der Waals surface area contributed by atoms with Crippen molar-refractivity contribution in [3.63, 3.8) is 0 Å². The zero-order valence-electron chi connectivity index (χ0n) is 9.67. The Morgan fingerprint density at radius 1 is 1.22 bits per heavy atom. The molecular weight excluding hydrogens is 294 g/mol. The lowest BCUT2D eigenvalue weighted by Gasteiger charge is -2.05. The molecule has 0 N–H and O–H groups in total. The fourth-order valence-corrected chi connectivity index (χ4v) is 1.92. The quantitative estimate of drug-likeness (QED) is 0.852. The van der Waals surface area contributed by atoms with Gasteiger partial charge in [-0.1, -0.05) is 18.2 Å². The van der Waals surface area contributed by atoms with Gasteiger partial charge in [0.15, 0.2) is 5.78 Å². The molecule has 0 radical (unpaired) electrons. The number of hydrogen-bond acceptors (Lipinski definition) is 3. The first-order valence-electron chi connectivity index (χ1n) is 5.53. The van der Waals surface area contributed by atoms with Crippen LogP contribution in [0.25, 0.3) is 0 Å². The van der Waals surface area contributed by atoms with Gasteiger partial charge in [0.25, 0.3) is 0 Å². The molecule has 0 atom stereocenters. The van der Waals surface area contributed by atoms with E-state index >= 15 is 0 Å². The zero-order valence-corrected chi connectivity index (χ0v) is 11.3. The van der Waals surface area contributed by atoms with Crippen molar-refractivity contribution in [3.8, 4) is 5.75 Å². The van der Waals surface area contributed by atoms with Crippen LogP contribution in [0.2, 0.25) is 0 Å². The Morgan fingerprint density at radius 3 is 2.72 bits per heavy atom. The second kappa shape index (κ2) is 6.31. The molecular formula is C14H12BrNO2. The van der Waals surface area contributed by atoms with Crippen LogP contribution in [0.5, 0.6) is 5.75 Å². The van der Waals surface area contributed by atoms with Gasteiger partial charge >= 0.3 is 0 Å². The second-order valence-corrected chi connectivity index (χ2v) is 4.74. The van der Waals surface area contributed by atoms with E-state index in [2.05, 4.69) is 20.9 Å². The van der Waals surface area contributed by atoms with Crippen LogP contribution >= 0.6 is 15.9 Å². The highest BCUT2D eigenvalue weighted by Gasteiger charge is 2.05. The Hall–Kier alpha value is -1.68. The Labute approximate surface area is 114 Å². The van der Waals surface area contributed by atoms with Crippen molar-refractivity contribution in [1.29, 1.82) is 0 Å². The van der Waals surface area contributed by atoms with Crippen LogP contribution in [0, 0.1) is 0 Å². The van der Waals surface area contributed by atoms with Gasteiger partial charge in [0.05, 0.1) is 0 Å². The zero-order chi connectivity index (χ0) is 12.8. The number of hydrogen-bond donors (Lipinski definition) is 0. The van der Waals surface area contributed by atoms with Crippen LogP contribution in [-0.4, -0.2) is 17.4 Å². The van der Waals surface area contributed by atoms with E-state index in [1.807, 2.05) is 36.4 Å². The van der Waals surface area contributed by atoms with E-state index in [9.17, 15) is 4.79 Å². The van der Waals surface area contributed by atoms with E-state index < -0.39 is 0 Å². The average molecular weight is 306 g/mol. The highest BCUT2D eigenvalue weighted by atomic mass is 79.9. The normalized spacial score (nSPS) is 10.1. The maximum absolute atomic E-state index is 11.7.